The first-order chi connectivity index (χ1) is 11.9. The molecule has 0 aromatic carbocycles. The molecular weight excluding hydrogens is 322 g/mol. The van der Waals surface area contributed by atoms with Crippen LogP contribution in [0, 0.1) is 0 Å². The molecule has 0 aliphatic carbocycles. The zero-order valence-electron chi connectivity index (χ0n) is 14.7. The van der Waals surface area contributed by atoms with Crippen LogP contribution in [0.5, 0.6) is 0 Å². The SMILES string of the molecule is CNc1cc(N2CCC(O)(CN(C)C(=O)c3ccnn3C)C2)ncn1. The maximum atomic E-state index is 12.5. The fraction of sp³-hybridized carbons (Fsp3) is 0.500. The van der Waals surface area contributed by atoms with Gasteiger partial charge >= 0.3 is 0 Å². The van der Waals surface area contributed by atoms with E-state index in [1.54, 1.807) is 38.3 Å². The van der Waals surface area contributed by atoms with Gasteiger partial charge in [0, 0.05) is 46.5 Å². The second-order valence-corrected chi connectivity index (χ2v) is 6.41. The number of rotatable bonds is 5. The third kappa shape index (κ3) is 3.55. The van der Waals surface area contributed by atoms with Crippen LogP contribution in [0.4, 0.5) is 11.6 Å². The molecule has 1 saturated heterocycles. The number of amides is 1. The van der Waals surface area contributed by atoms with E-state index < -0.39 is 5.60 Å². The molecule has 0 bridgehead atoms. The summed E-state index contributed by atoms with van der Waals surface area (Å²) < 4.78 is 1.53. The summed E-state index contributed by atoms with van der Waals surface area (Å²) in [7, 11) is 5.22. The van der Waals surface area contributed by atoms with Crippen molar-refractivity contribution in [1.82, 2.24) is 24.6 Å². The molecule has 9 nitrogen and oxygen atoms in total. The zero-order valence-corrected chi connectivity index (χ0v) is 14.7. The van der Waals surface area contributed by atoms with Crippen molar-refractivity contribution in [2.24, 2.45) is 7.05 Å². The molecule has 2 N–H and O–H groups in total. The molecule has 25 heavy (non-hydrogen) atoms. The Labute approximate surface area is 146 Å². The normalized spacial score (nSPS) is 19.9. The molecule has 1 unspecified atom stereocenters. The lowest BCUT2D eigenvalue weighted by molar-refractivity contribution is 0.0259. The Morgan fingerprint density at radius 2 is 2.28 bits per heavy atom. The van der Waals surface area contributed by atoms with Crippen molar-refractivity contribution < 1.29 is 9.90 Å². The number of aryl methyl sites for hydroxylation is 1. The minimum absolute atomic E-state index is 0.161. The second-order valence-electron chi connectivity index (χ2n) is 6.41. The molecule has 1 fully saturated rings. The highest BCUT2D eigenvalue weighted by atomic mass is 16.3. The predicted molar refractivity (Wildman–Crippen MR) is 93.5 cm³/mol. The third-order valence-electron chi connectivity index (χ3n) is 4.48. The summed E-state index contributed by atoms with van der Waals surface area (Å²) in [5.74, 6) is 1.33. The van der Waals surface area contributed by atoms with E-state index in [1.807, 2.05) is 11.0 Å². The van der Waals surface area contributed by atoms with Gasteiger partial charge in [0.25, 0.3) is 5.91 Å². The van der Waals surface area contributed by atoms with Crippen molar-refractivity contribution in [2.45, 2.75) is 12.0 Å². The van der Waals surface area contributed by atoms with Gasteiger partial charge in [0.1, 0.15) is 29.3 Å². The van der Waals surface area contributed by atoms with Gasteiger partial charge in [0.05, 0.1) is 6.54 Å². The lowest BCUT2D eigenvalue weighted by atomic mass is 10.0. The van der Waals surface area contributed by atoms with Crippen LogP contribution in [0.1, 0.15) is 16.9 Å². The van der Waals surface area contributed by atoms with Crippen LogP contribution in [-0.4, -0.2) is 75.0 Å². The smallest absolute Gasteiger partial charge is 0.271 e. The maximum absolute atomic E-state index is 12.5. The Balaban J connectivity index is 1.67. The summed E-state index contributed by atoms with van der Waals surface area (Å²) in [5.41, 5.74) is -0.483. The maximum Gasteiger partial charge on any atom is 0.271 e. The first-order valence-corrected chi connectivity index (χ1v) is 8.12. The fourth-order valence-corrected chi connectivity index (χ4v) is 3.13. The van der Waals surface area contributed by atoms with Crippen molar-refractivity contribution in [1.29, 1.82) is 0 Å². The molecule has 1 aliphatic rings. The Morgan fingerprint density at radius 3 is 2.96 bits per heavy atom. The van der Waals surface area contributed by atoms with Gasteiger partial charge in [-0.05, 0) is 12.5 Å². The molecule has 2 aromatic rings. The van der Waals surface area contributed by atoms with Gasteiger partial charge in [-0.25, -0.2) is 9.97 Å². The Hall–Kier alpha value is -2.68. The highest BCUT2D eigenvalue weighted by Gasteiger charge is 2.38. The molecule has 0 spiro atoms. The van der Waals surface area contributed by atoms with Gasteiger partial charge in [-0.1, -0.05) is 0 Å². The van der Waals surface area contributed by atoms with Crippen LogP contribution in [0.25, 0.3) is 0 Å². The van der Waals surface area contributed by atoms with Crippen LogP contribution < -0.4 is 10.2 Å². The van der Waals surface area contributed by atoms with Crippen molar-refractivity contribution in [3.63, 3.8) is 0 Å². The number of likely N-dealkylation sites (N-methyl/N-ethyl adjacent to an activating group) is 1. The number of nitrogens with one attached hydrogen (secondary N) is 1. The molecule has 1 atom stereocenters. The summed E-state index contributed by atoms with van der Waals surface area (Å²) >= 11 is 0. The Bertz CT molecular complexity index is 762. The monoisotopic (exact) mass is 345 g/mol. The molecule has 2 aromatic heterocycles. The number of hydrogen-bond acceptors (Lipinski definition) is 7. The van der Waals surface area contributed by atoms with E-state index in [9.17, 15) is 9.90 Å². The summed E-state index contributed by atoms with van der Waals surface area (Å²) in [6.07, 6.45) is 3.65. The van der Waals surface area contributed by atoms with Crippen LogP contribution in [0.15, 0.2) is 24.7 Å². The van der Waals surface area contributed by atoms with E-state index in [4.69, 9.17) is 0 Å². The molecule has 1 aliphatic heterocycles. The van der Waals surface area contributed by atoms with Crippen molar-refractivity contribution in [3.8, 4) is 0 Å². The number of aliphatic hydroxyl groups is 1. The second kappa shape index (κ2) is 6.67. The highest BCUT2D eigenvalue weighted by molar-refractivity contribution is 5.92. The van der Waals surface area contributed by atoms with Gasteiger partial charge in [-0.15, -0.1) is 0 Å². The zero-order chi connectivity index (χ0) is 18.0. The minimum Gasteiger partial charge on any atom is -0.386 e. The molecule has 3 heterocycles. The number of anilines is 2. The topological polar surface area (TPSA) is 99.4 Å². The summed E-state index contributed by atoms with van der Waals surface area (Å²) in [5, 5.41) is 17.9. The van der Waals surface area contributed by atoms with E-state index in [1.165, 1.54) is 11.0 Å². The Kier molecular flexibility index (Phi) is 4.58. The number of β-amino-alcohol motifs (C(OH)–C–C–N with tert-alkyl or cyclic N) is 1. The summed E-state index contributed by atoms with van der Waals surface area (Å²) in [6, 6.07) is 3.51. The van der Waals surface area contributed by atoms with Crippen molar-refractivity contribution in [3.05, 3.63) is 30.4 Å². The first-order valence-electron chi connectivity index (χ1n) is 8.12. The van der Waals surface area contributed by atoms with Crippen LogP contribution in [-0.2, 0) is 7.05 Å². The van der Waals surface area contributed by atoms with E-state index in [0.717, 1.165) is 11.6 Å². The molecule has 9 heteroatoms. The quantitative estimate of drug-likeness (QED) is 0.785. The van der Waals surface area contributed by atoms with E-state index >= 15 is 0 Å². The number of carbonyl (C=O) groups is 1. The average molecular weight is 345 g/mol. The predicted octanol–water partition coefficient (Wildman–Crippen LogP) is -0.0348. The molecule has 1 amide bonds. The van der Waals surface area contributed by atoms with Gasteiger partial charge in [0.15, 0.2) is 0 Å². The number of aromatic nitrogens is 4. The van der Waals surface area contributed by atoms with Crippen LogP contribution in [0.2, 0.25) is 0 Å². The molecule has 0 radical (unpaired) electrons. The van der Waals surface area contributed by atoms with Crippen molar-refractivity contribution >= 4 is 17.5 Å². The van der Waals surface area contributed by atoms with Gasteiger partial charge in [-0.3, -0.25) is 9.48 Å². The van der Waals surface area contributed by atoms with Crippen LogP contribution >= 0.6 is 0 Å². The van der Waals surface area contributed by atoms with E-state index in [-0.39, 0.29) is 12.5 Å². The summed E-state index contributed by atoms with van der Waals surface area (Å²) in [6.45, 7) is 1.33. The molecular formula is C16H23N7O2. The number of hydrogen-bond donors (Lipinski definition) is 2. The molecule has 134 valence electrons. The third-order valence-corrected chi connectivity index (χ3v) is 4.48. The lowest BCUT2D eigenvalue weighted by Gasteiger charge is -2.29. The average Bonchev–Trinajstić information content (AvgIpc) is 3.20. The molecule has 0 saturated carbocycles. The number of carbonyl (C=O) groups excluding carboxylic acids is 1. The van der Waals surface area contributed by atoms with E-state index in [2.05, 4.69) is 20.4 Å². The standard InChI is InChI=1S/C16H23N7O2/c1-17-13-8-14(19-11-18-13)23-7-5-16(25,10-23)9-21(2)15(24)12-4-6-20-22(12)3/h4,6,8,11,25H,5,7,9-10H2,1-3H3,(H,17,18,19). The number of nitrogens with zero attached hydrogens (tertiary/aromatic N) is 6. The first kappa shape index (κ1) is 17.2. The largest absolute Gasteiger partial charge is 0.386 e. The van der Waals surface area contributed by atoms with E-state index in [0.29, 0.717) is 25.2 Å². The van der Waals surface area contributed by atoms with Crippen molar-refractivity contribution in [2.75, 3.05) is 43.9 Å². The van der Waals surface area contributed by atoms with Crippen LogP contribution in [0.3, 0.4) is 0 Å². The Morgan fingerprint density at radius 1 is 1.48 bits per heavy atom. The lowest BCUT2D eigenvalue weighted by Crippen LogP contribution is -2.46. The van der Waals surface area contributed by atoms with Gasteiger partial charge in [-0.2, -0.15) is 5.10 Å². The van der Waals surface area contributed by atoms with Gasteiger partial charge in [0.2, 0.25) is 0 Å². The summed E-state index contributed by atoms with van der Waals surface area (Å²) in [4.78, 5) is 24.4. The molecule has 3 rings (SSSR count). The fourth-order valence-electron chi connectivity index (χ4n) is 3.13. The highest BCUT2D eigenvalue weighted by Crippen LogP contribution is 2.27. The minimum atomic E-state index is -0.978. The van der Waals surface area contributed by atoms with Gasteiger partial charge < -0.3 is 20.2 Å².